The monoisotopic (exact) mass is 319 g/mol. The normalized spacial score (nSPS) is 13.4. The Labute approximate surface area is 137 Å². The van der Waals surface area contributed by atoms with Crippen LogP contribution in [0.4, 0.5) is 0 Å². The average Bonchev–Trinajstić information content (AvgIpc) is 3.11. The van der Waals surface area contributed by atoms with Crippen molar-refractivity contribution < 1.29 is 14.4 Å². The van der Waals surface area contributed by atoms with E-state index >= 15 is 0 Å². The van der Waals surface area contributed by atoms with Crippen LogP contribution < -0.4 is 5.43 Å². The summed E-state index contributed by atoms with van der Waals surface area (Å²) in [6.45, 7) is 0.0148. The molecule has 4 rings (SSSR count). The van der Waals surface area contributed by atoms with Gasteiger partial charge in [-0.25, -0.2) is 0 Å². The predicted octanol–water partition coefficient (Wildman–Crippen LogP) is 1.97. The summed E-state index contributed by atoms with van der Waals surface area (Å²) in [6, 6.07) is 16.1. The largest absolute Gasteiger partial charge is 0.338 e. The summed E-state index contributed by atoms with van der Waals surface area (Å²) in [6.07, 6.45) is 1.80. The Bertz CT molecular complexity index is 955. The maximum atomic E-state index is 12.3. The third-order valence-electron chi connectivity index (χ3n) is 4.02. The zero-order chi connectivity index (χ0) is 16.7. The van der Waals surface area contributed by atoms with Gasteiger partial charge in [0.15, 0.2) is 0 Å². The number of carbonyl (C=O) groups excluding carboxylic acids is 3. The molecule has 6 nitrogen and oxygen atoms in total. The number of para-hydroxylation sites is 1. The van der Waals surface area contributed by atoms with E-state index in [4.69, 9.17) is 0 Å². The van der Waals surface area contributed by atoms with E-state index < -0.39 is 17.7 Å². The van der Waals surface area contributed by atoms with Crippen molar-refractivity contribution in [3.05, 3.63) is 71.9 Å². The molecule has 1 aromatic heterocycles. The van der Waals surface area contributed by atoms with Gasteiger partial charge in [0.25, 0.3) is 17.7 Å². The second-order valence-corrected chi connectivity index (χ2v) is 5.53. The van der Waals surface area contributed by atoms with E-state index in [2.05, 4.69) is 5.43 Å². The number of hydrogen-bond donors (Lipinski definition) is 1. The molecule has 0 spiro atoms. The summed E-state index contributed by atoms with van der Waals surface area (Å²) < 4.78 is 1.77. The van der Waals surface area contributed by atoms with Crippen LogP contribution in [0.15, 0.2) is 60.8 Å². The van der Waals surface area contributed by atoms with Crippen molar-refractivity contribution in [2.24, 2.45) is 0 Å². The van der Waals surface area contributed by atoms with Crippen LogP contribution in [0.25, 0.3) is 10.9 Å². The number of nitrogens with one attached hydrogen (secondary N) is 1. The fourth-order valence-electron chi connectivity index (χ4n) is 2.88. The summed E-state index contributed by atoms with van der Waals surface area (Å²) in [4.78, 5) is 36.8. The van der Waals surface area contributed by atoms with Gasteiger partial charge in [-0.2, -0.15) is 5.01 Å². The zero-order valence-electron chi connectivity index (χ0n) is 12.6. The molecule has 1 aliphatic heterocycles. The minimum absolute atomic E-state index is 0.0148. The van der Waals surface area contributed by atoms with Gasteiger partial charge in [0, 0.05) is 11.7 Å². The molecule has 0 unspecified atom stereocenters. The number of rotatable bonds is 3. The van der Waals surface area contributed by atoms with E-state index in [0.717, 1.165) is 15.9 Å². The number of amides is 3. The molecular weight excluding hydrogens is 306 g/mol. The first-order valence-electron chi connectivity index (χ1n) is 7.46. The fraction of sp³-hybridized carbons (Fsp3) is 0.0556. The SMILES string of the molecule is O=C(Cn1ccc2ccccc21)NN1C(=O)c2ccccc2C1=O. The number of imide groups is 1. The van der Waals surface area contributed by atoms with Gasteiger partial charge < -0.3 is 4.57 Å². The lowest BCUT2D eigenvalue weighted by molar-refractivity contribution is -0.124. The minimum atomic E-state index is -0.513. The molecular formula is C18H13N3O3. The molecule has 2 aromatic carbocycles. The quantitative estimate of drug-likeness (QED) is 0.750. The Balaban J connectivity index is 1.53. The lowest BCUT2D eigenvalue weighted by Crippen LogP contribution is -2.47. The van der Waals surface area contributed by atoms with Crippen LogP contribution in [0.3, 0.4) is 0 Å². The van der Waals surface area contributed by atoms with Crippen LogP contribution in [0, 0.1) is 0 Å². The molecule has 0 aliphatic carbocycles. The van der Waals surface area contributed by atoms with Gasteiger partial charge in [-0.3, -0.25) is 19.8 Å². The van der Waals surface area contributed by atoms with Crippen molar-refractivity contribution >= 4 is 28.6 Å². The molecule has 0 bridgehead atoms. The van der Waals surface area contributed by atoms with Gasteiger partial charge in [0.1, 0.15) is 6.54 Å². The highest BCUT2D eigenvalue weighted by molar-refractivity contribution is 6.21. The van der Waals surface area contributed by atoms with Gasteiger partial charge in [0.05, 0.1) is 11.1 Å². The Morgan fingerprint density at radius 3 is 2.21 bits per heavy atom. The number of nitrogens with zero attached hydrogens (tertiary/aromatic N) is 2. The first kappa shape index (κ1) is 14.2. The highest BCUT2D eigenvalue weighted by atomic mass is 16.2. The third-order valence-corrected chi connectivity index (χ3v) is 4.02. The fourth-order valence-corrected chi connectivity index (χ4v) is 2.88. The highest BCUT2D eigenvalue weighted by Gasteiger charge is 2.36. The summed E-state index contributed by atoms with van der Waals surface area (Å²) in [7, 11) is 0. The maximum absolute atomic E-state index is 12.3. The Morgan fingerprint density at radius 2 is 1.50 bits per heavy atom. The molecule has 0 fully saturated rings. The Morgan fingerprint density at radius 1 is 0.875 bits per heavy atom. The zero-order valence-corrected chi connectivity index (χ0v) is 12.6. The Kier molecular flexibility index (Phi) is 3.16. The molecule has 2 heterocycles. The minimum Gasteiger partial charge on any atom is -0.338 e. The summed E-state index contributed by atoms with van der Waals surface area (Å²) >= 11 is 0. The van der Waals surface area contributed by atoms with Crippen molar-refractivity contribution in [1.29, 1.82) is 0 Å². The topological polar surface area (TPSA) is 71.4 Å². The molecule has 0 saturated heterocycles. The van der Waals surface area contributed by atoms with Crippen LogP contribution in [0.2, 0.25) is 0 Å². The van der Waals surface area contributed by atoms with E-state index in [9.17, 15) is 14.4 Å². The second-order valence-electron chi connectivity index (χ2n) is 5.53. The van der Waals surface area contributed by atoms with E-state index in [-0.39, 0.29) is 6.54 Å². The number of benzene rings is 2. The molecule has 24 heavy (non-hydrogen) atoms. The molecule has 0 radical (unpaired) electrons. The van der Waals surface area contributed by atoms with Crippen LogP contribution in [0.1, 0.15) is 20.7 Å². The first-order chi connectivity index (χ1) is 11.6. The van der Waals surface area contributed by atoms with Crippen LogP contribution >= 0.6 is 0 Å². The summed E-state index contributed by atoms with van der Waals surface area (Å²) in [5.41, 5.74) is 3.92. The van der Waals surface area contributed by atoms with Crippen LogP contribution in [-0.4, -0.2) is 27.3 Å². The van der Waals surface area contributed by atoms with Gasteiger partial charge in [-0.15, -0.1) is 0 Å². The molecule has 6 heteroatoms. The molecule has 1 aliphatic rings. The number of fused-ring (bicyclic) bond motifs is 2. The lowest BCUT2D eigenvalue weighted by atomic mass is 10.1. The van der Waals surface area contributed by atoms with Gasteiger partial charge in [-0.1, -0.05) is 30.3 Å². The molecule has 0 atom stereocenters. The second kappa shape index (κ2) is 5.34. The van der Waals surface area contributed by atoms with Gasteiger partial charge in [0.2, 0.25) is 0 Å². The third kappa shape index (κ3) is 2.16. The number of hydrogen-bond acceptors (Lipinski definition) is 3. The first-order valence-corrected chi connectivity index (χ1v) is 7.46. The maximum Gasteiger partial charge on any atom is 0.280 e. The van der Waals surface area contributed by atoms with Crippen LogP contribution in [0.5, 0.6) is 0 Å². The number of carbonyl (C=O) groups is 3. The van der Waals surface area contributed by atoms with Crippen LogP contribution in [-0.2, 0) is 11.3 Å². The molecule has 3 aromatic rings. The summed E-state index contributed by atoms with van der Waals surface area (Å²) in [5, 5.41) is 1.80. The van der Waals surface area contributed by atoms with Crippen molar-refractivity contribution in [2.45, 2.75) is 6.54 Å². The average molecular weight is 319 g/mol. The standard InChI is InChI=1S/C18H13N3O3/c22-16(11-20-10-9-12-5-1-4-8-15(12)20)19-21-17(23)13-6-2-3-7-14(13)18(21)24/h1-10H,11H2,(H,19,22). The van der Waals surface area contributed by atoms with Crippen molar-refractivity contribution in [3.63, 3.8) is 0 Å². The molecule has 1 N–H and O–H groups in total. The van der Waals surface area contributed by atoms with E-state index in [1.807, 2.05) is 30.3 Å². The van der Waals surface area contributed by atoms with E-state index in [1.54, 1.807) is 35.0 Å². The van der Waals surface area contributed by atoms with Crippen molar-refractivity contribution in [3.8, 4) is 0 Å². The molecule has 0 saturated carbocycles. The molecule has 118 valence electrons. The number of hydrazine groups is 1. The summed E-state index contributed by atoms with van der Waals surface area (Å²) in [5.74, 6) is -1.46. The molecule has 3 amide bonds. The highest BCUT2D eigenvalue weighted by Crippen LogP contribution is 2.21. The van der Waals surface area contributed by atoms with Crippen molar-refractivity contribution in [1.82, 2.24) is 15.0 Å². The van der Waals surface area contributed by atoms with Crippen molar-refractivity contribution in [2.75, 3.05) is 0 Å². The van der Waals surface area contributed by atoms with E-state index in [1.165, 1.54) is 0 Å². The lowest BCUT2D eigenvalue weighted by Gasteiger charge is -2.15. The van der Waals surface area contributed by atoms with Gasteiger partial charge >= 0.3 is 0 Å². The number of aromatic nitrogens is 1. The smallest absolute Gasteiger partial charge is 0.280 e. The van der Waals surface area contributed by atoms with Gasteiger partial charge in [-0.05, 0) is 29.7 Å². The van der Waals surface area contributed by atoms with E-state index in [0.29, 0.717) is 11.1 Å². The predicted molar refractivity (Wildman–Crippen MR) is 87.0 cm³/mol. The Hall–Kier alpha value is -3.41.